The van der Waals surface area contributed by atoms with Crippen LogP contribution in [0.15, 0.2) is 12.2 Å². The lowest BCUT2D eigenvalue weighted by molar-refractivity contribution is -0.273. The van der Waals surface area contributed by atoms with Crippen LogP contribution < -0.4 is 0 Å². The summed E-state index contributed by atoms with van der Waals surface area (Å²) < 4.78 is 11.1. The Labute approximate surface area is 125 Å². The first kappa shape index (κ1) is 18.1. The largest absolute Gasteiger partial charge is 0.478 e. The van der Waals surface area contributed by atoms with Crippen molar-refractivity contribution in [2.24, 2.45) is 0 Å². The average Bonchev–Trinajstić information content (AvgIpc) is 2.39. The first-order valence-corrected chi connectivity index (χ1v) is 7.46. The van der Waals surface area contributed by atoms with Crippen LogP contribution in [0.3, 0.4) is 0 Å². The van der Waals surface area contributed by atoms with E-state index in [-0.39, 0.29) is 18.6 Å². The Kier molecular flexibility index (Phi) is 7.88. The molecule has 1 saturated heterocycles. The fourth-order valence-corrected chi connectivity index (χ4v) is 2.24. The smallest absolute Gasteiger partial charge is 0.327 e. The van der Waals surface area contributed by atoms with Crippen molar-refractivity contribution in [3.8, 4) is 0 Å². The second kappa shape index (κ2) is 9.15. The molecule has 0 spiro atoms. The molecule has 3 N–H and O–H groups in total. The van der Waals surface area contributed by atoms with Crippen LogP contribution in [0.25, 0.3) is 0 Å². The molecule has 1 fully saturated rings. The van der Waals surface area contributed by atoms with Gasteiger partial charge in [0.2, 0.25) is 0 Å². The van der Waals surface area contributed by atoms with Crippen molar-refractivity contribution in [2.75, 3.05) is 0 Å². The van der Waals surface area contributed by atoms with Gasteiger partial charge in [-0.15, -0.1) is 0 Å². The zero-order valence-electron chi connectivity index (χ0n) is 12.6. The molecule has 6 heteroatoms. The van der Waals surface area contributed by atoms with E-state index in [1.54, 1.807) is 13.0 Å². The molecular weight excluding hydrogens is 276 g/mol. The molecule has 0 saturated carbocycles. The summed E-state index contributed by atoms with van der Waals surface area (Å²) in [6, 6.07) is 0. The summed E-state index contributed by atoms with van der Waals surface area (Å²) in [4.78, 5) is 10.3. The lowest BCUT2D eigenvalue weighted by Gasteiger charge is -2.36. The Balaban J connectivity index is 2.18. The summed E-state index contributed by atoms with van der Waals surface area (Å²) in [5.41, 5.74) is 0. The van der Waals surface area contributed by atoms with Gasteiger partial charge in [0.05, 0.1) is 18.3 Å². The Morgan fingerprint density at radius 3 is 2.76 bits per heavy atom. The summed E-state index contributed by atoms with van der Waals surface area (Å²) in [5, 5.41) is 27.8. The summed E-state index contributed by atoms with van der Waals surface area (Å²) in [5.74, 6) is -0.925. The van der Waals surface area contributed by atoms with Crippen molar-refractivity contribution >= 4 is 5.97 Å². The third kappa shape index (κ3) is 7.04. The number of aliphatic hydroxyl groups is 2. The fourth-order valence-electron chi connectivity index (χ4n) is 2.24. The van der Waals surface area contributed by atoms with E-state index in [9.17, 15) is 15.0 Å². The fraction of sp³-hybridized carbons (Fsp3) is 0.800. The lowest BCUT2D eigenvalue weighted by atomic mass is 10.0. The molecule has 0 amide bonds. The molecule has 1 heterocycles. The SMILES string of the molecule is C[C@H](CCCCC=CC(=O)O)O[C@@H]1O[C@@H](C)[C@H](O)C[C@H]1O. The molecule has 0 aromatic heterocycles. The molecule has 1 aliphatic heterocycles. The van der Waals surface area contributed by atoms with Crippen LogP contribution in [-0.2, 0) is 14.3 Å². The Morgan fingerprint density at radius 1 is 1.38 bits per heavy atom. The third-order valence-corrected chi connectivity index (χ3v) is 3.55. The lowest BCUT2D eigenvalue weighted by Crippen LogP contribution is -2.48. The van der Waals surface area contributed by atoms with Gasteiger partial charge < -0.3 is 24.8 Å². The maximum Gasteiger partial charge on any atom is 0.327 e. The second-order valence-corrected chi connectivity index (χ2v) is 5.55. The van der Waals surface area contributed by atoms with Gasteiger partial charge in [0.15, 0.2) is 6.29 Å². The van der Waals surface area contributed by atoms with E-state index in [4.69, 9.17) is 14.6 Å². The van der Waals surface area contributed by atoms with Crippen LogP contribution in [0, 0.1) is 0 Å². The number of carboxylic acid groups (broad SMARTS) is 1. The maximum atomic E-state index is 10.3. The Hall–Kier alpha value is -0.950. The van der Waals surface area contributed by atoms with Crippen molar-refractivity contribution in [1.29, 1.82) is 0 Å². The molecule has 1 rings (SSSR count). The quantitative estimate of drug-likeness (QED) is 0.464. The molecule has 1 aliphatic rings. The number of carboxylic acids is 1. The van der Waals surface area contributed by atoms with Gasteiger partial charge in [-0.05, 0) is 33.1 Å². The number of unbranched alkanes of at least 4 members (excludes halogenated alkanes) is 2. The van der Waals surface area contributed by atoms with Gasteiger partial charge in [-0.3, -0.25) is 0 Å². The van der Waals surface area contributed by atoms with Crippen LogP contribution in [0.2, 0.25) is 0 Å². The molecule has 122 valence electrons. The van der Waals surface area contributed by atoms with E-state index >= 15 is 0 Å². The van der Waals surface area contributed by atoms with Gasteiger partial charge in [-0.1, -0.05) is 12.5 Å². The molecule has 0 unspecified atom stereocenters. The predicted octanol–water partition coefficient (Wildman–Crippen LogP) is 1.45. The zero-order chi connectivity index (χ0) is 15.8. The molecule has 0 radical (unpaired) electrons. The third-order valence-electron chi connectivity index (χ3n) is 3.55. The van der Waals surface area contributed by atoms with Crippen molar-refractivity contribution in [3.05, 3.63) is 12.2 Å². The average molecular weight is 302 g/mol. The zero-order valence-corrected chi connectivity index (χ0v) is 12.6. The van der Waals surface area contributed by atoms with Gasteiger partial charge in [0, 0.05) is 12.5 Å². The van der Waals surface area contributed by atoms with Crippen LogP contribution >= 0.6 is 0 Å². The highest BCUT2D eigenvalue weighted by Crippen LogP contribution is 2.23. The highest BCUT2D eigenvalue weighted by atomic mass is 16.7. The summed E-state index contributed by atoms with van der Waals surface area (Å²) in [6.45, 7) is 3.67. The Morgan fingerprint density at radius 2 is 2.10 bits per heavy atom. The van der Waals surface area contributed by atoms with Gasteiger partial charge in [-0.2, -0.15) is 0 Å². The van der Waals surface area contributed by atoms with Gasteiger partial charge in [0.25, 0.3) is 0 Å². The van der Waals surface area contributed by atoms with E-state index in [2.05, 4.69) is 0 Å². The van der Waals surface area contributed by atoms with E-state index in [0.29, 0.717) is 0 Å². The normalized spacial score (nSPS) is 31.4. The van der Waals surface area contributed by atoms with E-state index < -0.39 is 24.5 Å². The number of aliphatic carboxylic acids is 1. The van der Waals surface area contributed by atoms with Crippen molar-refractivity contribution in [3.63, 3.8) is 0 Å². The number of hydrogen-bond acceptors (Lipinski definition) is 5. The maximum absolute atomic E-state index is 10.3. The number of allylic oxidation sites excluding steroid dienone is 1. The van der Waals surface area contributed by atoms with Crippen molar-refractivity contribution in [2.45, 2.75) is 76.7 Å². The number of ether oxygens (including phenoxy) is 2. The van der Waals surface area contributed by atoms with Crippen molar-refractivity contribution < 1.29 is 29.6 Å². The molecule has 0 aliphatic carbocycles. The van der Waals surface area contributed by atoms with Crippen LogP contribution in [0.4, 0.5) is 0 Å². The van der Waals surface area contributed by atoms with E-state index in [1.165, 1.54) is 0 Å². The molecule has 0 bridgehead atoms. The number of rotatable bonds is 8. The summed E-state index contributed by atoms with van der Waals surface area (Å²) >= 11 is 0. The minimum absolute atomic E-state index is 0.0597. The topological polar surface area (TPSA) is 96.2 Å². The van der Waals surface area contributed by atoms with E-state index in [1.807, 2.05) is 6.92 Å². The van der Waals surface area contributed by atoms with Gasteiger partial charge in [-0.25, -0.2) is 4.79 Å². The van der Waals surface area contributed by atoms with Gasteiger partial charge in [0.1, 0.15) is 6.10 Å². The molecule has 21 heavy (non-hydrogen) atoms. The minimum atomic E-state index is -0.925. The van der Waals surface area contributed by atoms with E-state index in [0.717, 1.165) is 31.8 Å². The minimum Gasteiger partial charge on any atom is -0.478 e. The number of carbonyl (C=O) groups is 1. The molecule has 0 aromatic carbocycles. The molecular formula is C15H26O6. The van der Waals surface area contributed by atoms with Gasteiger partial charge >= 0.3 is 5.97 Å². The number of aliphatic hydroxyl groups excluding tert-OH is 2. The second-order valence-electron chi connectivity index (χ2n) is 5.55. The van der Waals surface area contributed by atoms with Crippen LogP contribution in [-0.4, -0.2) is 52.0 Å². The summed E-state index contributed by atoms with van der Waals surface area (Å²) in [6.07, 6.45) is 3.84. The standard InChI is InChI=1S/C15H26O6/c1-10(7-5-3-4-6-8-14(18)19)20-15-13(17)9-12(16)11(2)21-15/h6,8,10-13,15-17H,3-5,7,9H2,1-2H3,(H,18,19)/t10-,11+,12-,13-,15-/m1/s1. The predicted molar refractivity (Wildman–Crippen MR) is 76.8 cm³/mol. The highest BCUT2D eigenvalue weighted by molar-refractivity contribution is 5.79. The number of hydrogen-bond donors (Lipinski definition) is 3. The molecule has 5 atom stereocenters. The van der Waals surface area contributed by atoms with Crippen LogP contribution in [0.1, 0.15) is 46.0 Å². The first-order valence-electron chi connectivity index (χ1n) is 7.46. The summed E-state index contributed by atoms with van der Waals surface area (Å²) in [7, 11) is 0. The van der Waals surface area contributed by atoms with Crippen LogP contribution in [0.5, 0.6) is 0 Å². The Bertz CT molecular complexity index is 343. The van der Waals surface area contributed by atoms with Crippen molar-refractivity contribution in [1.82, 2.24) is 0 Å². The highest BCUT2D eigenvalue weighted by Gasteiger charge is 2.35. The molecule has 0 aromatic rings. The molecule has 6 nitrogen and oxygen atoms in total. The monoisotopic (exact) mass is 302 g/mol. The first-order chi connectivity index (χ1) is 9.90.